The summed E-state index contributed by atoms with van der Waals surface area (Å²) in [5.41, 5.74) is 5.06. The molecule has 2 N–H and O–H groups in total. The second-order valence-corrected chi connectivity index (χ2v) is 20.2. The summed E-state index contributed by atoms with van der Waals surface area (Å²) < 4.78 is 45.8. The smallest absolute Gasteiger partial charge is 0.229 e. The zero-order valence-corrected chi connectivity index (χ0v) is 32.9. The monoisotopic (exact) mass is 797 g/mol. The molecule has 4 aromatic rings. The predicted molar refractivity (Wildman–Crippen MR) is 208 cm³/mol. The van der Waals surface area contributed by atoms with E-state index in [1.165, 1.54) is 17.5 Å². The maximum Gasteiger partial charge on any atom is 0.229 e. The van der Waals surface area contributed by atoms with Crippen LogP contribution in [0.1, 0.15) is 25.3 Å². The number of piperidine rings is 1. The van der Waals surface area contributed by atoms with Gasteiger partial charge in [0.1, 0.15) is 24.2 Å². The summed E-state index contributed by atoms with van der Waals surface area (Å²) in [5, 5.41) is 7.36. The molecule has 3 aliphatic heterocycles. The molecule has 0 radical (unpaired) electrons. The number of rotatable bonds is 10. The number of ether oxygens (including phenoxy) is 1. The van der Waals surface area contributed by atoms with Gasteiger partial charge in [0.2, 0.25) is 16.0 Å². The van der Waals surface area contributed by atoms with Crippen molar-refractivity contribution in [2.24, 2.45) is 11.8 Å². The molecule has 7 rings (SSSR count). The zero-order valence-electron chi connectivity index (χ0n) is 29.6. The van der Waals surface area contributed by atoms with Crippen molar-refractivity contribution < 1.29 is 17.7 Å². The van der Waals surface area contributed by atoms with E-state index in [0.717, 1.165) is 51.1 Å². The van der Waals surface area contributed by atoms with E-state index in [1.54, 1.807) is 43.3 Å². The highest BCUT2D eigenvalue weighted by Crippen LogP contribution is 2.42. The van der Waals surface area contributed by atoms with Gasteiger partial charge in [-0.25, -0.2) is 17.7 Å². The minimum Gasteiger partial charge on any atom is -0.494 e. The minimum absolute atomic E-state index is 0.378. The maximum atomic E-state index is 13.5. The van der Waals surface area contributed by atoms with Crippen LogP contribution in [0.25, 0.3) is 11.0 Å². The number of methoxy groups -OCH3 is 1. The Morgan fingerprint density at radius 2 is 1.69 bits per heavy atom. The Morgan fingerprint density at radius 1 is 0.980 bits per heavy atom. The van der Waals surface area contributed by atoms with Crippen LogP contribution in [0.4, 0.5) is 28.8 Å². The highest BCUT2D eigenvalue weighted by molar-refractivity contribution is 9.10. The zero-order chi connectivity index (χ0) is 36.1. The van der Waals surface area contributed by atoms with Crippen LogP contribution < -0.4 is 25.6 Å². The Kier molecular flexibility index (Phi) is 10.0. The summed E-state index contributed by atoms with van der Waals surface area (Å²) in [6, 6.07) is 8.47. The van der Waals surface area contributed by atoms with Crippen molar-refractivity contribution in [3.63, 3.8) is 0 Å². The first-order valence-corrected chi connectivity index (χ1v) is 22.6. The van der Waals surface area contributed by atoms with Crippen LogP contribution in [-0.4, -0.2) is 110 Å². The van der Waals surface area contributed by atoms with Crippen LogP contribution >= 0.6 is 23.1 Å². The number of anilines is 5. The van der Waals surface area contributed by atoms with E-state index in [4.69, 9.17) is 9.72 Å². The van der Waals surface area contributed by atoms with Gasteiger partial charge in [0.15, 0.2) is 0 Å². The van der Waals surface area contributed by atoms with Crippen molar-refractivity contribution in [3.8, 4) is 5.75 Å². The van der Waals surface area contributed by atoms with Crippen LogP contribution in [-0.2, 0) is 21.0 Å². The van der Waals surface area contributed by atoms with E-state index in [9.17, 15) is 13.0 Å². The first-order chi connectivity index (χ1) is 24.3. The summed E-state index contributed by atoms with van der Waals surface area (Å²) >= 11 is 3.58. The van der Waals surface area contributed by atoms with Crippen LogP contribution in [0, 0.1) is 11.8 Å². The molecule has 0 amide bonds. The van der Waals surface area contributed by atoms with Crippen molar-refractivity contribution in [1.82, 2.24) is 29.1 Å². The number of nitrogens with one attached hydrogen (secondary N) is 2. The Hall–Kier alpha value is -3.36. The molecule has 0 aliphatic carbocycles. The van der Waals surface area contributed by atoms with Gasteiger partial charge in [-0.15, -0.1) is 0 Å². The van der Waals surface area contributed by atoms with Crippen molar-refractivity contribution in [2.75, 3.05) is 81.5 Å². The SMILES string of the molecule is CCc1cc(Nc2ncc(Br)c(Nc3ccc4nccnc4c3P(C)(C)=O)n2)c(OC)cc1N1CCC(N2C[C@@H]3CN(S(C)(=O)=O)C[C@@H]3C2)CC1. The standard InChI is InChI=1S/C35H45BrN9O4PS/c1-6-22-15-29(41-35-39-17-26(36)34(42-35)40-28-8-7-27-32(38-12-11-37-27)33(28)50(3,4)46)31(49-2)16-30(22)43-13-9-25(10-14-43)44-18-23-20-45(51(5,47)48)21-24(23)19-44/h7-8,11-12,15-17,23-25H,6,9-10,13-14,18-21H2,1-5H3,(H2,39,40,41,42)/t23-,24+. The second-order valence-electron chi connectivity index (χ2n) is 14.2. The lowest BCUT2D eigenvalue weighted by Gasteiger charge is -2.39. The fourth-order valence-corrected chi connectivity index (χ4v) is 10.5. The van der Waals surface area contributed by atoms with Gasteiger partial charge < -0.3 is 24.8 Å². The summed E-state index contributed by atoms with van der Waals surface area (Å²) in [4.78, 5) is 23.3. The van der Waals surface area contributed by atoms with Crippen LogP contribution in [0.15, 0.2) is 47.3 Å². The van der Waals surface area contributed by atoms with E-state index >= 15 is 0 Å². The molecule has 0 spiro atoms. The first-order valence-electron chi connectivity index (χ1n) is 17.3. The van der Waals surface area contributed by atoms with E-state index in [-0.39, 0.29) is 0 Å². The maximum absolute atomic E-state index is 13.5. The third kappa shape index (κ3) is 7.46. The Morgan fingerprint density at radius 3 is 2.33 bits per heavy atom. The van der Waals surface area contributed by atoms with Crippen LogP contribution in [0.2, 0.25) is 0 Å². The lowest BCUT2D eigenvalue weighted by atomic mass is 10.00. The van der Waals surface area contributed by atoms with Gasteiger partial charge in [-0.2, -0.15) is 4.98 Å². The second kappa shape index (κ2) is 14.2. The Balaban J connectivity index is 1.06. The molecule has 0 saturated carbocycles. The number of fused-ring (bicyclic) bond motifs is 2. The molecule has 0 bridgehead atoms. The minimum atomic E-state index is -3.12. The number of hydrogen-bond acceptors (Lipinski definition) is 12. The lowest BCUT2D eigenvalue weighted by Crippen LogP contribution is -2.45. The fraction of sp³-hybridized carbons (Fsp3) is 0.486. The highest BCUT2D eigenvalue weighted by Gasteiger charge is 2.44. The third-order valence-corrected chi connectivity index (χ3v) is 13.8. The van der Waals surface area contributed by atoms with E-state index < -0.39 is 17.2 Å². The Bertz CT molecular complexity index is 2090. The van der Waals surface area contributed by atoms with Gasteiger partial charge in [-0.1, -0.05) is 6.92 Å². The van der Waals surface area contributed by atoms with Crippen molar-refractivity contribution in [3.05, 3.63) is 52.9 Å². The molecule has 13 nitrogen and oxygen atoms in total. The number of sulfonamides is 1. The van der Waals surface area contributed by atoms with E-state index in [2.05, 4.69) is 70.4 Å². The molecule has 5 heterocycles. The molecule has 2 aromatic carbocycles. The molecule has 3 aliphatic rings. The number of aromatic nitrogens is 4. The number of halogens is 1. The van der Waals surface area contributed by atoms with Crippen molar-refractivity contribution >= 4 is 78.3 Å². The summed E-state index contributed by atoms with van der Waals surface area (Å²) in [6.07, 6.45) is 9.22. The Labute approximate surface area is 308 Å². The van der Waals surface area contributed by atoms with Gasteiger partial charge >= 0.3 is 0 Å². The van der Waals surface area contributed by atoms with Crippen LogP contribution in [0.3, 0.4) is 0 Å². The molecule has 272 valence electrons. The summed E-state index contributed by atoms with van der Waals surface area (Å²) in [6.45, 7) is 10.8. The number of benzene rings is 2. The van der Waals surface area contributed by atoms with Gasteiger partial charge in [-0.05, 0) is 84.1 Å². The van der Waals surface area contributed by atoms with Crippen molar-refractivity contribution in [1.29, 1.82) is 0 Å². The van der Waals surface area contributed by atoms with Gasteiger partial charge in [0.25, 0.3) is 0 Å². The number of hydrogen-bond donors (Lipinski definition) is 2. The van der Waals surface area contributed by atoms with Gasteiger partial charge in [0.05, 0.1) is 40.0 Å². The number of likely N-dealkylation sites (tertiary alicyclic amines) is 1. The molecular formula is C35H45BrN9O4PS. The summed E-state index contributed by atoms with van der Waals surface area (Å²) in [5.74, 6) is 2.46. The van der Waals surface area contributed by atoms with Gasteiger partial charge in [0, 0.05) is 75.7 Å². The van der Waals surface area contributed by atoms with E-state index in [1.807, 2.05) is 12.1 Å². The molecule has 0 unspecified atom stereocenters. The first kappa shape index (κ1) is 36.0. The number of aryl methyl sites for hydroxylation is 1. The molecule has 2 aromatic heterocycles. The van der Waals surface area contributed by atoms with Crippen molar-refractivity contribution in [2.45, 2.75) is 32.2 Å². The third-order valence-electron chi connectivity index (χ3n) is 10.4. The average Bonchev–Trinajstić information content (AvgIpc) is 3.70. The van der Waals surface area contributed by atoms with E-state index in [0.29, 0.717) is 75.0 Å². The predicted octanol–water partition coefficient (Wildman–Crippen LogP) is 5.28. The summed E-state index contributed by atoms with van der Waals surface area (Å²) in [7, 11) is -4.20. The molecule has 3 saturated heterocycles. The largest absolute Gasteiger partial charge is 0.494 e. The lowest BCUT2D eigenvalue weighted by molar-refractivity contribution is 0.189. The van der Waals surface area contributed by atoms with Gasteiger partial charge in [-0.3, -0.25) is 14.9 Å². The molecule has 51 heavy (non-hydrogen) atoms. The molecule has 16 heteroatoms. The fourth-order valence-electron chi connectivity index (χ4n) is 7.92. The molecule has 2 atom stereocenters. The highest BCUT2D eigenvalue weighted by atomic mass is 79.9. The molecular weight excluding hydrogens is 753 g/mol. The van der Waals surface area contributed by atoms with Crippen LogP contribution in [0.5, 0.6) is 5.75 Å². The molecule has 3 fully saturated rings. The topological polar surface area (TPSA) is 146 Å². The average molecular weight is 799 g/mol. The quantitative estimate of drug-likeness (QED) is 0.202. The normalized spacial score (nSPS) is 20.5. The number of nitrogens with zero attached hydrogens (tertiary/aromatic N) is 7.